The Bertz CT molecular complexity index is 1040. The molecule has 0 bridgehead atoms. The minimum Gasteiger partial charge on any atom is -0.467 e. The van der Waals surface area contributed by atoms with Crippen LogP contribution in [0.1, 0.15) is 16.8 Å². The molecule has 0 fully saturated rings. The number of hydrogen-bond acceptors (Lipinski definition) is 5. The van der Waals surface area contributed by atoms with Crippen LogP contribution in [-0.4, -0.2) is 51.4 Å². The van der Waals surface area contributed by atoms with Gasteiger partial charge in [-0.2, -0.15) is 16.9 Å². The van der Waals surface area contributed by atoms with Gasteiger partial charge in [-0.3, -0.25) is 4.79 Å². The number of methoxy groups -OCH3 is 1. The number of nitrogens with zero attached hydrogens (tertiary/aromatic N) is 3. The maximum atomic E-state index is 13.9. The van der Waals surface area contributed by atoms with Crippen molar-refractivity contribution in [1.82, 2.24) is 19.7 Å². The number of esters is 1. The second kappa shape index (κ2) is 9.82. The molecular formula is C20H20ClFN4O3S. The molecule has 1 aromatic carbocycles. The zero-order valence-corrected chi connectivity index (χ0v) is 17.9. The minimum absolute atomic E-state index is 0.199. The number of nitrogens with one attached hydrogen (secondary N) is 1. The molecule has 10 heteroatoms. The van der Waals surface area contributed by atoms with Crippen LogP contribution < -0.4 is 5.32 Å². The van der Waals surface area contributed by atoms with E-state index < -0.39 is 23.7 Å². The lowest BCUT2D eigenvalue weighted by atomic mass is 10.2. The summed E-state index contributed by atoms with van der Waals surface area (Å²) in [5.74, 6) is -0.493. The molecule has 0 aliphatic rings. The highest BCUT2D eigenvalue weighted by atomic mass is 35.5. The third kappa shape index (κ3) is 4.68. The third-order valence-electron chi connectivity index (χ3n) is 4.38. The maximum Gasteiger partial charge on any atom is 0.328 e. The summed E-state index contributed by atoms with van der Waals surface area (Å²) in [6.45, 7) is 0. The number of carbonyl (C=O) groups is 2. The van der Waals surface area contributed by atoms with E-state index >= 15 is 0 Å². The minimum atomic E-state index is -0.798. The first-order chi connectivity index (χ1) is 14.5. The van der Waals surface area contributed by atoms with Crippen molar-refractivity contribution in [3.63, 3.8) is 0 Å². The van der Waals surface area contributed by atoms with Crippen LogP contribution in [-0.2, 0) is 9.53 Å². The number of halogens is 2. The normalized spacial score (nSPS) is 11.9. The molecule has 2 aromatic heterocycles. The van der Waals surface area contributed by atoms with Crippen LogP contribution in [0.2, 0.25) is 5.02 Å². The summed E-state index contributed by atoms with van der Waals surface area (Å²) in [5, 5.41) is 7.25. The summed E-state index contributed by atoms with van der Waals surface area (Å²) < 4.78 is 21.7. The van der Waals surface area contributed by atoms with Crippen molar-refractivity contribution < 1.29 is 18.7 Å². The number of hydrogen-bond donors (Lipinski definition) is 1. The zero-order valence-electron chi connectivity index (χ0n) is 16.3. The molecule has 158 valence electrons. The fourth-order valence-corrected chi connectivity index (χ4v) is 3.58. The van der Waals surface area contributed by atoms with Gasteiger partial charge in [0.15, 0.2) is 5.82 Å². The van der Waals surface area contributed by atoms with Gasteiger partial charge in [-0.15, -0.1) is 0 Å². The van der Waals surface area contributed by atoms with Crippen LogP contribution >= 0.6 is 23.4 Å². The van der Waals surface area contributed by atoms with Crippen molar-refractivity contribution >= 4 is 35.2 Å². The average molecular weight is 451 g/mol. The number of carbonyl (C=O) groups excluding carboxylic acids is 2. The van der Waals surface area contributed by atoms with E-state index in [1.807, 2.05) is 6.26 Å². The molecule has 0 radical (unpaired) electrons. The molecule has 0 aliphatic carbocycles. The van der Waals surface area contributed by atoms with Crippen LogP contribution in [0.4, 0.5) is 4.39 Å². The summed E-state index contributed by atoms with van der Waals surface area (Å²) in [4.78, 5) is 25.1. The molecule has 1 unspecified atom stereocenters. The van der Waals surface area contributed by atoms with E-state index in [1.165, 1.54) is 36.2 Å². The van der Waals surface area contributed by atoms with Gasteiger partial charge in [0.05, 0.1) is 24.0 Å². The predicted molar refractivity (Wildman–Crippen MR) is 114 cm³/mol. The summed E-state index contributed by atoms with van der Waals surface area (Å²) in [6, 6.07) is 6.66. The van der Waals surface area contributed by atoms with E-state index in [9.17, 15) is 14.0 Å². The van der Waals surface area contributed by atoms with Crippen molar-refractivity contribution in [3.8, 4) is 11.5 Å². The molecule has 1 N–H and O–H groups in total. The molecule has 0 aliphatic heterocycles. The summed E-state index contributed by atoms with van der Waals surface area (Å²) in [7, 11) is 1.27. The van der Waals surface area contributed by atoms with E-state index in [4.69, 9.17) is 16.3 Å². The Morgan fingerprint density at radius 2 is 2.07 bits per heavy atom. The molecule has 30 heavy (non-hydrogen) atoms. The van der Waals surface area contributed by atoms with Crippen molar-refractivity contribution in [1.29, 1.82) is 0 Å². The van der Waals surface area contributed by atoms with Gasteiger partial charge in [0, 0.05) is 18.5 Å². The molecule has 1 amide bonds. The highest BCUT2D eigenvalue weighted by Gasteiger charge is 2.26. The van der Waals surface area contributed by atoms with Crippen LogP contribution in [0, 0.1) is 5.82 Å². The fraction of sp³-hybridized carbons (Fsp3) is 0.250. The number of aromatic nitrogens is 3. The molecule has 0 saturated heterocycles. The third-order valence-corrected chi connectivity index (χ3v) is 5.34. The maximum absolute atomic E-state index is 13.9. The number of amides is 1. The van der Waals surface area contributed by atoms with E-state index in [0.717, 1.165) is 0 Å². The van der Waals surface area contributed by atoms with Crippen molar-refractivity contribution in [2.45, 2.75) is 12.5 Å². The Morgan fingerprint density at radius 1 is 1.33 bits per heavy atom. The number of rotatable bonds is 8. The lowest BCUT2D eigenvalue weighted by Crippen LogP contribution is -2.42. The quantitative estimate of drug-likeness (QED) is 0.531. The first kappa shape index (κ1) is 21.9. The van der Waals surface area contributed by atoms with Gasteiger partial charge in [0.2, 0.25) is 0 Å². The Labute approximate surface area is 182 Å². The second-order valence-corrected chi connectivity index (χ2v) is 7.70. The van der Waals surface area contributed by atoms with Gasteiger partial charge in [0.1, 0.15) is 17.4 Å². The molecule has 3 rings (SSSR count). The van der Waals surface area contributed by atoms with Crippen LogP contribution in [0.3, 0.4) is 0 Å². The van der Waals surface area contributed by atoms with Gasteiger partial charge >= 0.3 is 5.97 Å². The molecule has 0 spiro atoms. The molecule has 0 saturated carbocycles. The Morgan fingerprint density at radius 3 is 2.73 bits per heavy atom. The SMILES string of the molecule is COC(=O)C(CCSC)NC(=O)c1cnn(-c2cc(F)ccc2Cl)c1-n1cccc1. The highest BCUT2D eigenvalue weighted by molar-refractivity contribution is 7.98. The van der Waals surface area contributed by atoms with E-state index in [2.05, 4.69) is 10.4 Å². The number of thioether (sulfide) groups is 1. The topological polar surface area (TPSA) is 78.2 Å². The molecule has 2 heterocycles. The van der Waals surface area contributed by atoms with Gasteiger partial charge in [-0.05, 0) is 42.7 Å². The van der Waals surface area contributed by atoms with Gasteiger partial charge in [-0.1, -0.05) is 11.6 Å². The Kier molecular flexibility index (Phi) is 7.17. The number of benzene rings is 1. The summed E-state index contributed by atoms with van der Waals surface area (Å²) in [6.07, 6.45) is 7.14. The Hall–Kier alpha value is -2.78. The van der Waals surface area contributed by atoms with E-state index in [-0.39, 0.29) is 16.3 Å². The van der Waals surface area contributed by atoms with Crippen LogP contribution in [0.5, 0.6) is 0 Å². The monoisotopic (exact) mass is 450 g/mol. The van der Waals surface area contributed by atoms with Gasteiger partial charge in [-0.25, -0.2) is 13.9 Å². The second-order valence-electron chi connectivity index (χ2n) is 6.31. The molecule has 3 aromatic rings. The van der Waals surface area contributed by atoms with Crippen LogP contribution in [0.15, 0.2) is 48.9 Å². The molecule has 1 atom stereocenters. The lowest BCUT2D eigenvalue weighted by molar-refractivity contribution is -0.142. The standard InChI is InChI=1S/C20H20ClFN4O3S/c1-29-20(28)16(7-10-30-2)24-18(27)14-12-23-26(19(14)25-8-3-4-9-25)17-11-13(22)5-6-15(17)21/h3-6,8-9,11-12,16H,7,10H2,1-2H3,(H,24,27). The van der Waals surface area contributed by atoms with Gasteiger partial charge < -0.3 is 14.6 Å². The average Bonchev–Trinajstić information content (AvgIpc) is 3.41. The first-order valence-corrected chi connectivity index (χ1v) is 10.8. The van der Waals surface area contributed by atoms with E-state index in [1.54, 1.807) is 40.9 Å². The molecular weight excluding hydrogens is 431 g/mol. The molecule has 7 nitrogen and oxygen atoms in total. The largest absolute Gasteiger partial charge is 0.467 e. The highest BCUT2D eigenvalue weighted by Crippen LogP contribution is 2.26. The van der Waals surface area contributed by atoms with Crippen LogP contribution in [0.25, 0.3) is 11.5 Å². The Balaban J connectivity index is 2.03. The van der Waals surface area contributed by atoms with Gasteiger partial charge in [0.25, 0.3) is 5.91 Å². The fourth-order valence-electron chi connectivity index (χ4n) is 2.91. The smallest absolute Gasteiger partial charge is 0.328 e. The van der Waals surface area contributed by atoms with Crippen molar-refractivity contribution in [3.05, 3.63) is 65.3 Å². The van der Waals surface area contributed by atoms with Crippen molar-refractivity contribution in [2.24, 2.45) is 0 Å². The van der Waals surface area contributed by atoms with E-state index in [0.29, 0.717) is 18.0 Å². The summed E-state index contributed by atoms with van der Waals surface area (Å²) >= 11 is 7.81. The zero-order chi connectivity index (χ0) is 21.7. The number of ether oxygens (including phenoxy) is 1. The first-order valence-electron chi connectivity index (χ1n) is 9.00. The lowest BCUT2D eigenvalue weighted by Gasteiger charge is -2.17. The predicted octanol–water partition coefficient (Wildman–Crippen LogP) is 3.48. The van der Waals surface area contributed by atoms with Crippen molar-refractivity contribution in [2.75, 3.05) is 19.1 Å². The summed E-state index contributed by atoms with van der Waals surface area (Å²) in [5.41, 5.74) is 0.482.